The highest BCUT2D eigenvalue weighted by atomic mass is 15.1. The summed E-state index contributed by atoms with van der Waals surface area (Å²) in [6, 6.07) is 66.5. The van der Waals surface area contributed by atoms with Gasteiger partial charge in [-0.15, -0.1) is 0 Å². The van der Waals surface area contributed by atoms with Crippen molar-refractivity contribution in [2.45, 2.75) is 6.17 Å². The van der Waals surface area contributed by atoms with Crippen LogP contribution in [0.5, 0.6) is 0 Å². The predicted octanol–water partition coefficient (Wildman–Crippen LogP) is 11.8. The number of fused-ring (bicyclic) bond motifs is 7. The predicted molar refractivity (Wildman–Crippen MR) is 231 cm³/mol. The fraction of sp³-hybridized carbons (Fsp3) is 0.0400. The Kier molecular flexibility index (Phi) is 8.12. The molecule has 5 nitrogen and oxygen atoms in total. The summed E-state index contributed by atoms with van der Waals surface area (Å²) in [4.78, 5) is 10.4. The molecule has 0 radical (unpaired) electrons. The lowest BCUT2D eigenvalue weighted by Gasteiger charge is -2.16. The zero-order chi connectivity index (χ0) is 36.7. The fourth-order valence-electron chi connectivity index (χ4n) is 8.14. The molecule has 10 rings (SSSR count). The highest BCUT2D eigenvalue weighted by molar-refractivity contribution is 6.20. The molecule has 1 unspecified atom stereocenters. The summed E-state index contributed by atoms with van der Waals surface area (Å²) >= 11 is 0. The summed E-state index contributed by atoms with van der Waals surface area (Å²) in [5.41, 5.74) is 9.99. The third kappa shape index (κ3) is 5.61. The van der Waals surface area contributed by atoms with Crippen molar-refractivity contribution in [2.75, 3.05) is 7.05 Å². The fourth-order valence-corrected chi connectivity index (χ4v) is 8.14. The molecule has 0 aliphatic carbocycles. The van der Waals surface area contributed by atoms with E-state index in [4.69, 9.17) is 9.98 Å². The van der Waals surface area contributed by atoms with Gasteiger partial charge in [-0.3, -0.25) is 5.32 Å². The van der Waals surface area contributed by atoms with Gasteiger partial charge in [0.25, 0.3) is 0 Å². The van der Waals surface area contributed by atoms with Crippen LogP contribution in [0.25, 0.3) is 65.8 Å². The Morgan fingerprint density at radius 2 is 1.05 bits per heavy atom. The number of aliphatic imine (C=N–C) groups is 2. The molecule has 0 bridgehead atoms. The maximum atomic E-state index is 5.28. The van der Waals surface area contributed by atoms with Gasteiger partial charge in [0, 0.05) is 44.4 Å². The maximum Gasteiger partial charge on any atom is 0.157 e. The van der Waals surface area contributed by atoms with E-state index < -0.39 is 0 Å². The molecule has 2 heterocycles. The molecular weight excluding hydrogens is 671 g/mol. The number of aromatic nitrogens is 2. The van der Waals surface area contributed by atoms with Gasteiger partial charge >= 0.3 is 0 Å². The molecule has 0 amide bonds. The third-order valence-corrected chi connectivity index (χ3v) is 10.6. The summed E-state index contributed by atoms with van der Waals surface area (Å²) in [6.45, 7) is 0. The summed E-state index contributed by atoms with van der Waals surface area (Å²) in [5.74, 6) is 0.658. The van der Waals surface area contributed by atoms with E-state index >= 15 is 0 Å². The Morgan fingerprint density at radius 3 is 1.76 bits per heavy atom. The third-order valence-electron chi connectivity index (χ3n) is 10.6. The van der Waals surface area contributed by atoms with Gasteiger partial charge in [0.1, 0.15) is 6.17 Å². The van der Waals surface area contributed by atoms with Crippen molar-refractivity contribution in [1.29, 1.82) is 0 Å². The van der Waals surface area contributed by atoms with Crippen LogP contribution < -0.4 is 5.32 Å². The SMILES string of the molecule is CNC(N=C(N=Cc1ccccc1)c1cccc2c(-n3c4ccccc4c4cc5c6ccccc6n(-c6ccccc6)c5cc43)cccc12)c1ccccc1. The topological polar surface area (TPSA) is 46.6 Å². The van der Waals surface area contributed by atoms with Crippen LogP contribution in [-0.2, 0) is 0 Å². The van der Waals surface area contributed by atoms with Crippen LogP contribution in [0, 0.1) is 0 Å². The number of hydrogen-bond acceptors (Lipinski definition) is 2. The molecule has 0 spiro atoms. The first-order chi connectivity index (χ1) is 27.3. The van der Waals surface area contributed by atoms with E-state index in [1.54, 1.807) is 0 Å². The number of benzene rings is 8. The first-order valence-electron chi connectivity index (χ1n) is 18.7. The Labute approximate surface area is 319 Å². The lowest BCUT2D eigenvalue weighted by Crippen LogP contribution is -2.16. The van der Waals surface area contributed by atoms with E-state index in [9.17, 15) is 0 Å². The molecule has 2 aromatic heterocycles. The highest BCUT2D eigenvalue weighted by Crippen LogP contribution is 2.41. The van der Waals surface area contributed by atoms with Gasteiger partial charge in [-0.1, -0.05) is 146 Å². The smallest absolute Gasteiger partial charge is 0.157 e. The van der Waals surface area contributed by atoms with E-state index in [1.165, 1.54) is 32.6 Å². The van der Waals surface area contributed by atoms with Crippen LogP contribution in [0.2, 0.25) is 0 Å². The Morgan fingerprint density at radius 1 is 0.491 bits per heavy atom. The summed E-state index contributed by atoms with van der Waals surface area (Å²) in [6.07, 6.45) is 1.63. The summed E-state index contributed by atoms with van der Waals surface area (Å²) < 4.78 is 4.83. The molecule has 1 N–H and O–H groups in total. The van der Waals surface area contributed by atoms with E-state index in [0.717, 1.165) is 49.9 Å². The minimum Gasteiger partial charge on any atom is -0.309 e. The van der Waals surface area contributed by atoms with Crippen LogP contribution in [-0.4, -0.2) is 28.2 Å². The lowest BCUT2D eigenvalue weighted by molar-refractivity contribution is 0.625. The lowest BCUT2D eigenvalue weighted by atomic mass is 10.0. The molecule has 0 aliphatic rings. The second kappa shape index (κ2) is 13.7. The number of nitrogens with one attached hydrogen (secondary N) is 1. The average molecular weight is 708 g/mol. The molecule has 55 heavy (non-hydrogen) atoms. The normalized spacial score (nSPS) is 12.9. The van der Waals surface area contributed by atoms with Crippen LogP contribution >= 0.6 is 0 Å². The molecule has 8 aromatic carbocycles. The van der Waals surface area contributed by atoms with Gasteiger partial charge in [-0.05, 0) is 66.0 Å². The number of para-hydroxylation sites is 3. The largest absolute Gasteiger partial charge is 0.309 e. The summed E-state index contributed by atoms with van der Waals surface area (Å²) in [5, 5.41) is 10.5. The first kappa shape index (κ1) is 32.6. The second-order valence-corrected chi connectivity index (χ2v) is 13.8. The second-order valence-electron chi connectivity index (χ2n) is 13.8. The van der Waals surface area contributed by atoms with Gasteiger partial charge in [0.05, 0.1) is 27.8 Å². The van der Waals surface area contributed by atoms with Gasteiger partial charge < -0.3 is 9.13 Å². The van der Waals surface area contributed by atoms with Gasteiger partial charge in [0.2, 0.25) is 0 Å². The highest BCUT2D eigenvalue weighted by Gasteiger charge is 2.20. The van der Waals surface area contributed by atoms with E-state index in [2.05, 4.69) is 166 Å². The quantitative estimate of drug-likeness (QED) is 0.130. The minimum absolute atomic E-state index is 0.279. The molecule has 0 saturated carbocycles. The van der Waals surface area contributed by atoms with Crippen molar-refractivity contribution < 1.29 is 0 Å². The molecule has 0 saturated heterocycles. The Hall–Kier alpha value is -7.08. The van der Waals surface area contributed by atoms with Crippen molar-refractivity contribution in [2.24, 2.45) is 9.98 Å². The van der Waals surface area contributed by atoms with E-state index in [1.807, 2.05) is 49.7 Å². The molecule has 5 heteroatoms. The van der Waals surface area contributed by atoms with Crippen LogP contribution in [0.4, 0.5) is 0 Å². The summed E-state index contributed by atoms with van der Waals surface area (Å²) in [7, 11) is 1.94. The number of hydrogen-bond donors (Lipinski definition) is 1. The minimum atomic E-state index is -0.279. The van der Waals surface area contributed by atoms with Gasteiger partial charge in [-0.2, -0.15) is 0 Å². The van der Waals surface area contributed by atoms with Gasteiger partial charge in [-0.25, -0.2) is 9.98 Å². The molecule has 10 aromatic rings. The molecular formula is C50H37N5. The zero-order valence-corrected chi connectivity index (χ0v) is 30.3. The molecule has 1 atom stereocenters. The standard InChI is InChI=1S/C50H37N5/c1-51-49(35-19-7-3-8-20-35)53-50(52-33-34-17-5-2-6-18-34)41-27-15-26-38-37(41)25-16-30-46(38)55-45-29-14-12-24-40(45)43-31-42-39-23-11-13-28-44(39)54(47(42)32-48(43)55)36-21-9-4-10-22-36/h2-33,49,51H,1H3. The molecule has 0 aliphatic heterocycles. The van der Waals surface area contributed by atoms with Crippen molar-refractivity contribution in [3.8, 4) is 11.4 Å². The van der Waals surface area contributed by atoms with E-state index in [-0.39, 0.29) is 6.17 Å². The van der Waals surface area contributed by atoms with Gasteiger partial charge in [0.15, 0.2) is 5.84 Å². The van der Waals surface area contributed by atoms with Crippen LogP contribution in [0.15, 0.2) is 198 Å². The van der Waals surface area contributed by atoms with Crippen LogP contribution in [0.1, 0.15) is 22.9 Å². The number of rotatable bonds is 7. The van der Waals surface area contributed by atoms with E-state index in [0.29, 0.717) is 5.84 Å². The molecule has 262 valence electrons. The van der Waals surface area contributed by atoms with Crippen molar-refractivity contribution >= 4 is 66.4 Å². The monoisotopic (exact) mass is 707 g/mol. The number of amidine groups is 1. The Bertz CT molecular complexity index is 3060. The van der Waals surface area contributed by atoms with Crippen molar-refractivity contribution in [1.82, 2.24) is 14.5 Å². The van der Waals surface area contributed by atoms with Crippen molar-refractivity contribution in [3.63, 3.8) is 0 Å². The zero-order valence-electron chi connectivity index (χ0n) is 30.3. The molecule has 0 fully saturated rings. The maximum absolute atomic E-state index is 5.28. The number of nitrogens with zero attached hydrogens (tertiary/aromatic N) is 4. The Balaban J connectivity index is 1.23. The van der Waals surface area contributed by atoms with Crippen LogP contribution in [0.3, 0.4) is 0 Å². The average Bonchev–Trinajstić information content (AvgIpc) is 3.75. The van der Waals surface area contributed by atoms with Crippen molar-refractivity contribution in [3.05, 3.63) is 205 Å². The first-order valence-corrected chi connectivity index (χ1v) is 18.7.